The average Bonchev–Trinajstić information content (AvgIpc) is 3.24. The zero-order chi connectivity index (χ0) is 22.6. The van der Waals surface area contributed by atoms with Crippen molar-refractivity contribution in [3.05, 3.63) is 53.6 Å². The van der Waals surface area contributed by atoms with Gasteiger partial charge in [0.15, 0.2) is 6.17 Å². The van der Waals surface area contributed by atoms with Crippen LogP contribution in [0.4, 0.5) is 24.5 Å². The first-order valence-electron chi connectivity index (χ1n) is 9.40. The minimum atomic E-state index is -4.44. The van der Waals surface area contributed by atoms with E-state index in [-0.39, 0.29) is 11.5 Å². The van der Waals surface area contributed by atoms with Gasteiger partial charge in [0.2, 0.25) is 10.0 Å². The number of benzene rings is 2. The van der Waals surface area contributed by atoms with Crippen molar-refractivity contribution in [3.8, 4) is 0 Å². The summed E-state index contributed by atoms with van der Waals surface area (Å²) >= 11 is 0. The van der Waals surface area contributed by atoms with Crippen LogP contribution >= 0.6 is 0 Å². The third-order valence-corrected chi connectivity index (χ3v) is 6.82. The van der Waals surface area contributed by atoms with E-state index in [0.29, 0.717) is 16.9 Å². The van der Waals surface area contributed by atoms with Gasteiger partial charge in [-0.3, -0.25) is 5.01 Å². The lowest BCUT2D eigenvalue weighted by Gasteiger charge is -2.30. The van der Waals surface area contributed by atoms with Crippen LogP contribution in [0.3, 0.4) is 0 Å². The van der Waals surface area contributed by atoms with Crippen molar-refractivity contribution >= 4 is 21.4 Å². The number of likely N-dealkylation sites (N-methyl/N-ethyl adjacent to an activating group) is 1. The quantitative estimate of drug-likeness (QED) is 0.722. The summed E-state index contributed by atoms with van der Waals surface area (Å²) in [5, 5.41) is 19.0. The molecule has 31 heavy (non-hydrogen) atoms. The molecule has 0 bridgehead atoms. The summed E-state index contributed by atoms with van der Waals surface area (Å²) in [5.41, 5.74) is 0.974. The highest BCUT2D eigenvalue weighted by molar-refractivity contribution is 7.89. The number of anilines is 2. The van der Waals surface area contributed by atoms with E-state index in [1.165, 1.54) is 31.2 Å². The molecular formula is C19H20F3N5O3S. The molecule has 4 rings (SSSR count). The predicted octanol–water partition coefficient (Wildman–Crippen LogP) is 3.20. The molecule has 2 aromatic rings. The summed E-state index contributed by atoms with van der Waals surface area (Å²) in [5.74, 6) is 0. The van der Waals surface area contributed by atoms with E-state index in [0.717, 1.165) is 12.1 Å². The Labute approximate surface area is 177 Å². The van der Waals surface area contributed by atoms with Crippen LogP contribution in [0.5, 0.6) is 0 Å². The van der Waals surface area contributed by atoms with E-state index in [4.69, 9.17) is 5.11 Å². The number of aliphatic hydroxyl groups excluding tert-OH is 1. The molecule has 2 N–H and O–H groups in total. The minimum Gasteiger partial charge on any atom is -0.395 e. The van der Waals surface area contributed by atoms with Crippen molar-refractivity contribution < 1.29 is 26.7 Å². The van der Waals surface area contributed by atoms with Gasteiger partial charge in [-0.2, -0.15) is 18.3 Å². The Balaban J connectivity index is 1.76. The van der Waals surface area contributed by atoms with Gasteiger partial charge in [0, 0.05) is 30.0 Å². The SMILES string of the molecule is C[C@H](CO)NS(=O)(=O)c1ccc2c(c1)C1N=NN(C)C1N2c1ccc(C(F)(F)F)cc1. The molecule has 0 spiro atoms. The maximum Gasteiger partial charge on any atom is 0.416 e. The molecule has 0 fully saturated rings. The lowest BCUT2D eigenvalue weighted by molar-refractivity contribution is -0.137. The van der Waals surface area contributed by atoms with Crippen LogP contribution in [0.1, 0.15) is 24.1 Å². The Morgan fingerprint density at radius 1 is 1.19 bits per heavy atom. The first-order valence-corrected chi connectivity index (χ1v) is 10.9. The summed E-state index contributed by atoms with van der Waals surface area (Å²) in [6, 6.07) is 8.09. The highest BCUT2D eigenvalue weighted by Gasteiger charge is 2.46. The standard InChI is InChI=1S/C19H20F3N5O3S/c1-11(10-28)24-31(29,30)14-7-8-16-15(9-14)17-18(26(2)25-23-17)27(16)13-5-3-12(4-6-13)19(20,21)22/h3-9,11,17-18,24,28H,10H2,1-2H3/t11-,17?,18?/m1/s1. The lowest BCUT2D eigenvalue weighted by atomic mass is 10.1. The minimum absolute atomic E-state index is 0.00400. The molecule has 2 aliphatic rings. The van der Waals surface area contributed by atoms with Gasteiger partial charge >= 0.3 is 6.18 Å². The van der Waals surface area contributed by atoms with Crippen LogP contribution in [-0.2, 0) is 16.2 Å². The second kappa shape index (κ2) is 7.46. The Morgan fingerprint density at radius 2 is 1.87 bits per heavy atom. The summed E-state index contributed by atoms with van der Waals surface area (Å²) in [7, 11) is -2.19. The summed E-state index contributed by atoms with van der Waals surface area (Å²) in [6.07, 6.45) is -4.88. The van der Waals surface area contributed by atoms with Crippen LogP contribution < -0.4 is 9.62 Å². The van der Waals surface area contributed by atoms with Gasteiger partial charge in [0.25, 0.3) is 0 Å². The van der Waals surface area contributed by atoms with Crippen LogP contribution in [0.2, 0.25) is 0 Å². The van der Waals surface area contributed by atoms with Crippen LogP contribution in [0.15, 0.2) is 57.7 Å². The topological polar surface area (TPSA) is 97.6 Å². The fourth-order valence-electron chi connectivity index (χ4n) is 3.76. The van der Waals surface area contributed by atoms with Crippen LogP contribution in [-0.4, -0.2) is 44.4 Å². The molecule has 3 atom stereocenters. The normalized spacial score (nSPS) is 21.4. The van der Waals surface area contributed by atoms with Gasteiger partial charge in [-0.15, -0.1) is 0 Å². The molecule has 8 nitrogen and oxygen atoms in total. The van der Waals surface area contributed by atoms with E-state index >= 15 is 0 Å². The van der Waals surface area contributed by atoms with Crippen molar-refractivity contribution in [1.29, 1.82) is 0 Å². The third kappa shape index (κ3) is 3.75. The molecule has 2 aromatic carbocycles. The zero-order valence-corrected chi connectivity index (χ0v) is 17.4. The average molecular weight is 455 g/mol. The summed E-state index contributed by atoms with van der Waals surface area (Å²) < 4.78 is 66.5. The zero-order valence-electron chi connectivity index (χ0n) is 16.6. The van der Waals surface area contributed by atoms with E-state index in [1.807, 2.05) is 0 Å². The summed E-state index contributed by atoms with van der Waals surface area (Å²) in [4.78, 5) is 1.80. The number of nitrogens with zero attached hydrogens (tertiary/aromatic N) is 4. The Hall–Kier alpha value is -2.70. The molecule has 2 aliphatic heterocycles. The number of hydrogen-bond acceptors (Lipinski definition) is 7. The monoisotopic (exact) mass is 455 g/mol. The van der Waals surface area contributed by atoms with Crippen LogP contribution in [0.25, 0.3) is 0 Å². The van der Waals surface area contributed by atoms with Crippen molar-refractivity contribution in [2.24, 2.45) is 10.3 Å². The number of nitrogens with one attached hydrogen (secondary N) is 1. The van der Waals surface area contributed by atoms with Gasteiger partial charge in [0.05, 0.1) is 17.1 Å². The molecule has 2 unspecified atom stereocenters. The Bertz CT molecular complexity index is 1120. The maximum absolute atomic E-state index is 13.0. The third-order valence-electron chi connectivity index (χ3n) is 5.24. The van der Waals surface area contributed by atoms with Gasteiger partial charge < -0.3 is 10.0 Å². The van der Waals surface area contributed by atoms with Gasteiger partial charge in [-0.25, -0.2) is 13.1 Å². The molecule has 0 aliphatic carbocycles. The lowest BCUT2D eigenvalue weighted by Crippen LogP contribution is -2.38. The fourth-order valence-corrected chi connectivity index (χ4v) is 5.03. The Morgan fingerprint density at radius 3 is 2.48 bits per heavy atom. The molecular weight excluding hydrogens is 435 g/mol. The highest BCUT2D eigenvalue weighted by Crippen LogP contribution is 2.50. The number of halogens is 3. The molecule has 12 heteroatoms. The molecule has 0 radical (unpaired) electrons. The molecule has 0 aromatic heterocycles. The number of rotatable bonds is 5. The second-order valence-corrected chi connectivity index (χ2v) is 9.19. The predicted molar refractivity (Wildman–Crippen MR) is 106 cm³/mol. The molecule has 0 saturated heterocycles. The molecule has 0 amide bonds. The van der Waals surface area contributed by atoms with Crippen molar-refractivity contribution in [1.82, 2.24) is 9.73 Å². The van der Waals surface area contributed by atoms with Gasteiger partial charge in [-0.1, -0.05) is 5.22 Å². The van der Waals surface area contributed by atoms with Crippen molar-refractivity contribution in [2.45, 2.75) is 36.2 Å². The Kier molecular flexibility index (Phi) is 5.18. The molecule has 166 valence electrons. The summed E-state index contributed by atoms with van der Waals surface area (Å²) in [6.45, 7) is 1.18. The van der Waals surface area contributed by atoms with Crippen LogP contribution in [0, 0.1) is 0 Å². The van der Waals surface area contributed by atoms with E-state index in [2.05, 4.69) is 15.1 Å². The molecule has 2 heterocycles. The van der Waals surface area contributed by atoms with E-state index < -0.39 is 40.0 Å². The van der Waals surface area contributed by atoms with Crippen molar-refractivity contribution in [2.75, 3.05) is 18.6 Å². The van der Waals surface area contributed by atoms with Gasteiger partial charge in [-0.05, 0) is 49.4 Å². The first kappa shape index (κ1) is 21.5. The number of sulfonamides is 1. The number of hydrogen-bond donors (Lipinski definition) is 2. The molecule has 0 saturated carbocycles. The highest BCUT2D eigenvalue weighted by atomic mass is 32.2. The second-order valence-electron chi connectivity index (χ2n) is 7.48. The maximum atomic E-state index is 13.0. The van der Waals surface area contributed by atoms with Crippen molar-refractivity contribution in [3.63, 3.8) is 0 Å². The number of alkyl halides is 3. The smallest absolute Gasteiger partial charge is 0.395 e. The largest absolute Gasteiger partial charge is 0.416 e. The van der Waals surface area contributed by atoms with E-state index in [1.54, 1.807) is 23.0 Å². The first-order chi connectivity index (χ1) is 14.5. The van der Waals surface area contributed by atoms with Gasteiger partial charge in [0.1, 0.15) is 6.04 Å². The fraction of sp³-hybridized carbons (Fsp3) is 0.368. The van der Waals surface area contributed by atoms with E-state index in [9.17, 15) is 21.6 Å². The number of fused-ring (bicyclic) bond motifs is 3. The number of aliphatic hydroxyl groups is 1.